The lowest BCUT2D eigenvalue weighted by molar-refractivity contribution is -0.143. The van der Waals surface area contributed by atoms with Gasteiger partial charge >= 0.3 is 5.97 Å². The topological polar surface area (TPSA) is 230 Å². The Labute approximate surface area is 219 Å². The van der Waals surface area contributed by atoms with Crippen molar-refractivity contribution in [2.24, 2.45) is 17.4 Å². The maximum Gasteiger partial charge on any atom is 0.326 e. The Morgan fingerprint density at radius 2 is 1.63 bits per heavy atom. The van der Waals surface area contributed by atoms with E-state index in [1.165, 1.54) is 0 Å². The zero-order valence-corrected chi connectivity index (χ0v) is 21.4. The number of H-pyrrole nitrogens is 1. The minimum absolute atomic E-state index is 0.00106. The first-order valence-corrected chi connectivity index (χ1v) is 12.3. The van der Waals surface area contributed by atoms with Crippen molar-refractivity contribution in [2.45, 2.75) is 63.7 Å². The number of carbonyl (C=O) groups is 5. The number of aromatic amines is 1. The molecular formula is C25H36N6O7. The van der Waals surface area contributed by atoms with Crippen LogP contribution in [0.2, 0.25) is 0 Å². The van der Waals surface area contributed by atoms with E-state index in [0.717, 1.165) is 10.9 Å². The van der Waals surface area contributed by atoms with Crippen molar-refractivity contribution in [3.05, 3.63) is 36.0 Å². The third-order valence-corrected chi connectivity index (χ3v) is 6.35. The van der Waals surface area contributed by atoms with E-state index in [1.54, 1.807) is 20.0 Å². The molecule has 0 aliphatic heterocycles. The average Bonchev–Trinajstić information content (AvgIpc) is 3.30. The summed E-state index contributed by atoms with van der Waals surface area (Å²) in [5.74, 6) is -4.69. The van der Waals surface area contributed by atoms with Crippen LogP contribution in [0.1, 0.15) is 38.7 Å². The number of para-hydroxylation sites is 1. The summed E-state index contributed by atoms with van der Waals surface area (Å²) < 4.78 is 0. The fourth-order valence-corrected chi connectivity index (χ4v) is 3.86. The number of rotatable bonds is 15. The fourth-order valence-electron chi connectivity index (χ4n) is 3.86. The molecule has 0 fully saturated rings. The molecule has 208 valence electrons. The Hall–Kier alpha value is -3.97. The molecule has 0 aliphatic carbocycles. The lowest BCUT2D eigenvalue weighted by atomic mass is 9.97. The van der Waals surface area contributed by atoms with Gasteiger partial charge < -0.3 is 42.6 Å². The zero-order valence-electron chi connectivity index (χ0n) is 21.4. The van der Waals surface area contributed by atoms with E-state index in [-0.39, 0.29) is 25.2 Å². The second-order valence-corrected chi connectivity index (χ2v) is 9.19. The number of hydrogen-bond donors (Lipinski definition) is 8. The number of primary amides is 1. The second-order valence-electron chi connectivity index (χ2n) is 9.19. The molecule has 5 unspecified atom stereocenters. The Morgan fingerprint density at radius 3 is 2.24 bits per heavy atom. The summed E-state index contributed by atoms with van der Waals surface area (Å²) in [5.41, 5.74) is 12.2. The molecule has 4 amide bonds. The number of carboxylic acid groups (broad SMARTS) is 1. The summed E-state index contributed by atoms with van der Waals surface area (Å²) in [6, 6.07) is 2.30. The fraction of sp³-hybridized carbons (Fsp3) is 0.480. The van der Waals surface area contributed by atoms with Gasteiger partial charge in [-0.25, -0.2) is 4.79 Å². The molecule has 1 heterocycles. The van der Waals surface area contributed by atoms with Gasteiger partial charge in [0, 0.05) is 29.9 Å². The molecule has 10 N–H and O–H groups in total. The van der Waals surface area contributed by atoms with Crippen LogP contribution in [0.5, 0.6) is 0 Å². The number of aromatic nitrogens is 1. The molecule has 38 heavy (non-hydrogen) atoms. The Morgan fingerprint density at radius 1 is 1.00 bits per heavy atom. The molecular weight excluding hydrogens is 496 g/mol. The van der Waals surface area contributed by atoms with E-state index < -0.39 is 60.4 Å². The van der Waals surface area contributed by atoms with Crippen molar-refractivity contribution >= 4 is 40.5 Å². The van der Waals surface area contributed by atoms with Crippen molar-refractivity contribution in [3.63, 3.8) is 0 Å². The highest BCUT2D eigenvalue weighted by molar-refractivity contribution is 5.95. The van der Waals surface area contributed by atoms with Crippen LogP contribution >= 0.6 is 0 Å². The summed E-state index contributed by atoms with van der Waals surface area (Å²) in [5, 5.41) is 27.1. The number of nitrogens with two attached hydrogens (primary N) is 2. The van der Waals surface area contributed by atoms with E-state index >= 15 is 0 Å². The van der Waals surface area contributed by atoms with Crippen molar-refractivity contribution in [3.8, 4) is 0 Å². The molecule has 0 aliphatic rings. The van der Waals surface area contributed by atoms with Gasteiger partial charge in [-0.3, -0.25) is 19.2 Å². The van der Waals surface area contributed by atoms with Gasteiger partial charge in [-0.2, -0.15) is 0 Å². The highest BCUT2D eigenvalue weighted by Gasteiger charge is 2.32. The molecule has 2 aromatic rings. The first-order valence-electron chi connectivity index (χ1n) is 12.3. The molecule has 0 saturated heterocycles. The van der Waals surface area contributed by atoms with Crippen LogP contribution in [0.15, 0.2) is 30.5 Å². The lowest BCUT2D eigenvalue weighted by Crippen LogP contribution is -2.58. The summed E-state index contributed by atoms with van der Waals surface area (Å²) >= 11 is 0. The summed E-state index contributed by atoms with van der Waals surface area (Å²) in [4.78, 5) is 65.0. The molecule has 0 radical (unpaired) electrons. The number of benzene rings is 1. The number of nitrogens with one attached hydrogen (secondary N) is 4. The second kappa shape index (κ2) is 14.1. The zero-order chi connectivity index (χ0) is 28.4. The van der Waals surface area contributed by atoms with Crippen LogP contribution in [-0.2, 0) is 30.4 Å². The number of aliphatic hydroxyl groups is 1. The average molecular weight is 533 g/mol. The predicted molar refractivity (Wildman–Crippen MR) is 138 cm³/mol. The smallest absolute Gasteiger partial charge is 0.326 e. The van der Waals surface area contributed by atoms with Crippen molar-refractivity contribution in [2.75, 3.05) is 6.61 Å². The van der Waals surface area contributed by atoms with E-state index in [0.29, 0.717) is 12.0 Å². The van der Waals surface area contributed by atoms with Gasteiger partial charge in [-0.15, -0.1) is 0 Å². The number of carboxylic acids is 1. The van der Waals surface area contributed by atoms with Crippen molar-refractivity contribution in [1.82, 2.24) is 20.9 Å². The largest absolute Gasteiger partial charge is 0.480 e. The number of aliphatic hydroxyl groups excluding tert-OH is 1. The standard InChI is InChI=1S/C25H36N6O7/c1-3-13(2)21(25(37)38)31-24(36)19(10-14-11-28-17-7-5-4-6-15(14)17)30-23(35)18(8-9-20(27)33)29-22(34)16(26)12-32/h4-7,11,13,16,18-19,21,28,32H,3,8-10,12,26H2,1-2H3,(H2,27,33)(H,29,34)(H,30,35)(H,31,36)(H,37,38). The molecule has 2 rings (SSSR count). The van der Waals surface area contributed by atoms with E-state index in [2.05, 4.69) is 20.9 Å². The number of carbonyl (C=O) groups excluding carboxylic acids is 4. The van der Waals surface area contributed by atoms with Gasteiger partial charge in [-0.05, 0) is 24.0 Å². The van der Waals surface area contributed by atoms with E-state index in [1.807, 2.05) is 24.3 Å². The highest BCUT2D eigenvalue weighted by atomic mass is 16.4. The first-order chi connectivity index (χ1) is 18.0. The molecule has 0 bridgehead atoms. The monoisotopic (exact) mass is 532 g/mol. The SMILES string of the molecule is CCC(C)C(NC(=O)C(Cc1c[nH]c2ccccc12)NC(=O)C(CCC(N)=O)NC(=O)C(N)CO)C(=O)O. The van der Waals surface area contributed by atoms with Crippen molar-refractivity contribution in [1.29, 1.82) is 0 Å². The van der Waals surface area contributed by atoms with Gasteiger partial charge in [0.05, 0.1) is 6.61 Å². The summed E-state index contributed by atoms with van der Waals surface area (Å²) in [6.45, 7) is 2.81. The number of aliphatic carboxylic acids is 1. The van der Waals surface area contributed by atoms with E-state index in [9.17, 15) is 29.1 Å². The molecule has 0 spiro atoms. The molecule has 5 atom stereocenters. The predicted octanol–water partition coefficient (Wildman–Crippen LogP) is -1.12. The number of hydrogen-bond acceptors (Lipinski definition) is 7. The van der Waals surface area contributed by atoms with Gasteiger partial charge in [0.25, 0.3) is 0 Å². The molecule has 13 nitrogen and oxygen atoms in total. The lowest BCUT2D eigenvalue weighted by Gasteiger charge is -2.26. The first kappa shape index (κ1) is 30.3. The normalized spacial score (nSPS) is 15.1. The van der Waals surface area contributed by atoms with Gasteiger partial charge in [0.2, 0.25) is 23.6 Å². The third-order valence-electron chi connectivity index (χ3n) is 6.35. The Kier molecular flexibility index (Phi) is 11.2. The maximum atomic E-state index is 13.3. The van der Waals surface area contributed by atoms with Crippen LogP contribution in [0, 0.1) is 5.92 Å². The molecule has 1 aromatic heterocycles. The summed E-state index contributed by atoms with van der Waals surface area (Å²) in [7, 11) is 0. The van der Waals surface area contributed by atoms with Crippen LogP contribution in [0.25, 0.3) is 10.9 Å². The molecule has 1 aromatic carbocycles. The van der Waals surface area contributed by atoms with Crippen LogP contribution in [0.4, 0.5) is 0 Å². The van der Waals surface area contributed by atoms with Gasteiger partial charge in [0.1, 0.15) is 24.2 Å². The number of amides is 4. The van der Waals surface area contributed by atoms with Crippen LogP contribution in [0.3, 0.4) is 0 Å². The maximum absolute atomic E-state index is 13.3. The molecule has 0 saturated carbocycles. The van der Waals surface area contributed by atoms with Gasteiger partial charge in [0.15, 0.2) is 0 Å². The highest BCUT2D eigenvalue weighted by Crippen LogP contribution is 2.20. The van der Waals surface area contributed by atoms with Gasteiger partial charge in [-0.1, -0.05) is 38.5 Å². The van der Waals surface area contributed by atoms with Crippen molar-refractivity contribution < 1.29 is 34.2 Å². The van der Waals surface area contributed by atoms with E-state index in [4.69, 9.17) is 16.6 Å². The molecule has 13 heteroatoms. The third kappa shape index (κ3) is 8.28. The van der Waals surface area contributed by atoms with Crippen LogP contribution in [-0.4, -0.2) is 75.6 Å². The van der Waals surface area contributed by atoms with Crippen LogP contribution < -0.4 is 27.4 Å². The Balaban J connectivity index is 2.35. The minimum atomic E-state index is -1.31. The number of fused-ring (bicyclic) bond motifs is 1. The quantitative estimate of drug-likeness (QED) is 0.140. The Bertz CT molecular complexity index is 1150. The minimum Gasteiger partial charge on any atom is -0.480 e. The summed E-state index contributed by atoms with van der Waals surface area (Å²) in [6.07, 6.45) is 1.75.